The van der Waals surface area contributed by atoms with Gasteiger partial charge >= 0.3 is 6.03 Å². The molecule has 0 atom stereocenters. The summed E-state index contributed by atoms with van der Waals surface area (Å²) >= 11 is 0. The Morgan fingerprint density at radius 1 is 0.933 bits per heavy atom. The van der Waals surface area contributed by atoms with Crippen molar-refractivity contribution in [3.63, 3.8) is 0 Å². The lowest BCUT2D eigenvalue weighted by Gasteiger charge is -2.20. The maximum atomic E-state index is 12.6. The third-order valence-corrected chi connectivity index (χ3v) is 5.29. The summed E-state index contributed by atoms with van der Waals surface area (Å²) in [4.78, 5) is 22.1. The lowest BCUT2D eigenvalue weighted by molar-refractivity contribution is 0.205. The van der Waals surface area contributed by atoms with Crippen LogP contribution in [0.3, 0.4) is 0 Å². The van der Waals surface area contributed by atoms with E-state index in [0.717, 1.165) is 23.3 Å². The number of amides is 2. The van der Waals surface area contributed by atoms with Gasteiger partial charge in [0, 0.05) is 19.5 Å². The van der Waals surface area contributed by atoms with Crippen LogP contribution < -0.4 is 5.32 Å². The van der Waals surface area contributed by atoms with E-state index in [9.17, 15) is 4.79 Å². The molecule has 2 N–H and O–H groups in total. The first-order chi connectivity index (χ1) is 14.7. The molecule has 3 aromatic carbocycles. The van der Waals surface area contributed by atoms with Gasteiger partial charge in [-0.25, -0.2) is 9.78 Å². The molecule has 0 aliphatic carbocycles. The predicted octanol–water partition coefficient (Wildman–Crippen LogP) is 4.93. The zero-order valence-corrected chi connectivity index (χ0v) is 17.1. The Labute approximate surface area is 176 Å². The third kappa shape index (κ3) is 4.69. The number of carbonyl (C=O) groups is 1. The van der Waals surface area contributed by atoms with Gasteiger partial charge in [0.15, 0.2) is 0 Å². The van der Waals surface area contributed by atoms with Gasteiger partial charge in [0.1, 0.15) is 5.82 Å². The summed E-state index contributed by atoms with van der Waals surface area (Å²) in [6, 6.07) is 28.7. The Hall–Kier alpha value is -3.60. The molecular formula is C25H26N4O. The van der Waals surface area contributed by atoms with Crippen LogP contribution >= 0.6 is 0 Å². The Morgan fingerprint density at radius 2 is 1.53 bits per heavy atom. The van der Waals surface area contributed by atoms with Crippen LogP contribution in [-0.2, 0) is 6.54 Å². The second-order valence-corrected chi connectivity index (χ2v) is 7.45. The molecule has 1 heterocycles. The van der Waals surface area contributed by atoms with Gasteiger partial charge in [-0.1, -0.05) is 72.8 Å². The molecule has 0 aliphatic rings. The summed E-state index contributed by atoms with van der Waals surface area (Å²) < 4.78 is 0. The highest BCUT2D eigenvalue weighted by Gasteiger charge is 2.16. The first-order valence-electron chi connectivity index (χ1n) is 10.2. The van der Waals surface area contributed by atoms with E-state index >= 15 is 0 Å². The van der Waals surface area contributed by atoms with E-state index in [2.05, 4.69) is 63.8 Å². The average Bonchev–Trinajstić information content (AvgIpc) is 3.20. The van der Waals surface area contributed by atoms with E-state index in [1.165, 1.54) is 11.1 Å². The Balaban J connectivity index is 1.36. The number of hydrogen-bond acceptors (Lipinski definition) is 2. The smallest absolute Gasteiger partial charge is 0.317 e. The van der Waals surface area contributed by atoms with Crippen LogP contribution in [0.1, 0.15) is 29.3 Å². The highest BCUT2D eigenvalue weighted by Crippen LogP contribution is 2.27. The van der Waals surface area contributed by atoms with Crippen molar-refractivity contribution in [3.05, 3.63) is 102 Å². The van der Waals surface area contributed by atoms with E-state index in [-0.39, 0.29) is 11.9 Å². The van der Waals surface area contributed by atoms with Crippen LogP contribution in [0.2, 0.25) is 0 Å². The van der Waals surface area contributed by atoms with Gasteiger partial charge in [0.25, 0.3) is 0 Å². The largest absolute Gasteiger partial charge is 0.340 e. The molecule has 4 aromatic rings. The minimum atomic E-state index is -0.102. The second-order valence-electron chi connectivity index (χ2n) is 7.45. The molecular weight excluding hydrogens is 372 g/mol. The molecule has 0 spiro atoms. The highest BCUT2D eigenvalue weighted by molar-refractivity contribution is 5.75. The van der Waals surface area contributed by atoms with Crippen LogP contribution in [0, 0.1) is 0 Å². The first-order valence-corrected chi connectivity index (χ1v) is 10.2. The van der Waals surface area contributed by atoms with Crippen molar-refractivity contribution in [2.24, 2.45) is 0 Å². The van der Waals surface area contributed by atoms with Crippen molar-refractivity contribution in [1.82, 2.24) is 20.2 Å². The van der Waals surface area contributed by atoms with E-state index in [0.29, 0.717) is 13.1 Å². The van der Waals surface area contributed by atoms with E-state index in [4.69, 9.17) is 0 Å². The Morgan fingerprint density at radius 3 is 2.17 bits per heavy atom. The molecule has 2 amide bonds. The van der Waals surface area contributed by atoms with Crippen molar-refractivity contribution in [3.8, 4) is 0 Å². The summed E-state index contributed by atoms with van der Waals surface area (Å²) in [6.45, 7) is 1.03. The van der Waals surface area contributed by atoms with Gasteiger partial charge in [-0.3, -0.25) is 0 Å². The fourth-order valence-electron chi connectivity index (χ4n) is 3.73. The van der Waals surface area contributed by atoms with Gasteiger partial charge in [0.2, 0.25) is 0 Å². The first kappa shape index (κ1) is 19.7. The van der Waals surface area contributed by atoms with Gasteiger partial charge in [-0.15, -0.1) is 0 Å². The van der Waals surface area contributed by atoms with Crippen molar-refractivity contribution >= 4 is 17.1 Å². The summed E-state index contributed by atoms with van der Waals surface area (Å²) in [7, 11) is 1.79. The monoisotopic (exact) mass is 398 g/mol. The van der Waals surface area contributed by atoms with Crippen molar-refractivity contribution in [1.29, 1.82) is 0 Å². The van der Waals surface area contributed by atoms with E-state index in [1.807, 2.05) is 36.4 Å². The van der Waals surface area contributed by atoms with Gasteiger partial charge < -0.3 is 15.2 Å². The quantitative estimate of drug-likeness (QED) is 0.464. The maximum absolute atomic E-state index is 12.6. The standard InChI is InChI=1S/C25H26N4O/c1-29(18-24-27-22-14-8-9-15-23(22)28-24)25(30)26-17-16-21(19-10-4-2-5-11-19)20-12-6-3-7-13-20/h2-15,21H,16-18H2,1H3,(H,26,30)(H,27,28). The van der Waals surface area contributed by atoms with Crippen molar-refractivity contribution in [2.75, 3.05) is 13.6 Å². The van der Waals surface area contributed by atoms with Crippen LogP contribution in [0.15, 0.2) is 84.9 Å². The highest BCUT2D eigenvalue weighted by atomic mass is 16.2. The molecule has 0 bridgehead atoms. The predicted molar refractivity (Wildman–Crippen MR) is 120 cm³/mol. The summed E-state index contributed by atoms with van der Waals surface area (Å²) in [6.07, 6.45) is 0.832. The molecule has 30 heavy (non-hydrogen) atoms. The zero-order valence-electron chi connectivity index (χ0n) is 17.1. The van der Waals surface area contributed by atoms with Gasteiger partial charge in [-0.05, 0) is 29.7 Å². The molecule has 0 saturated heterocycles. The minimum Gasteiger partial charge on any atom is -0.340 e. The van der Waals surface area contributed by atoms with Crippen molar-refractivity contribution in [2.45, 2.75) is 18.9 Å². The number of urea groups is 1. The van der Waals surface area contributed by atoms with Gasteiger partial charge in [-0.2, -0.15) is 0 Å². The van der Waals surface area contributed by atoms with E-state index < -0.39 is 0 Å². The molecule has 0 unspecified atom stereocenters. The third-order valence-electron chi connectivity index (χ3n) is 5.29. The summed E-state index contributed by atoms with van der Waals surface area (Å²) in [5.41, 5.74) is 4.41. The number of para-hydroxylation sites is 2. The number of nitrogens with zero attached hydrogens (tertiary/aromatic N) is 2. The number of hydrogen-bond donors (Lipinski definition) is 2. The molecule has 0 aliphatic heterocycles. The van der Waals surface area contributed by atoms with Crippen LogP contribution in [0.4, 0.5) is 4.79 Å². The number of rotatable bonds is 7. The molecule has 0 saturated carbocycles. The van der Waals surface area contributed by atoms with E-state index in [1.54, 1.807) is 11.9 Å². The number of fused-ring (bicyclic) bond motifs is 1. The number of imidazole rings is 1. The average molecular weight is 399 g/mol. The molecule has 152 valence electrons. The van der Waals surface area contributed by atoms with Gasteiger partial charge in [0.05, 0.1) is 17.6 Å². The Kier molecular flexibility index (Phi) is 6.09. The summed E-state index contributed by atoms with van der Waals surface area (Å²) in [5, 5.41) is 3.05. The minimum absolute atomic E-state index is 0.102. The molecule has 5 heteroatoms. The normalized spacial score (nSPS) is 11.0. The SMILES string of the molecule is CN(Cc1nc2ccccc2[nH]1)C(=O)NCCC(c1ccccc1)c1ccccc1. The maximum Gasteiger partial charge on any atom is 0.317 e. The fraction of sp³-hybridized carbons (Fsp3) is 0.200. The van der Waals surface area contributed by atoms with Crippen LogP contribution in [0.5, 0.6) is 0 Å². The molecule has 0 radical (unpaired) electrons. The number of nitrogens with one attached hydrogen (secondary N) is 2. The molecule has 0 fully saturated rings. The van der Waals surface area contributed by atoms with Crippen molar-refractivity contribution < 1.29 is 4.79 Å². The molecule has 5 nitrogen and oxygen atoms in total. The second kappa shape index (κ2) is 9.27. The number of aromatic nitrogens is 2. The fourth-order valence-corrected chi connectivity index (χ4v) is 3.73. The number of carbonyl (C=O) groups excluding carboxylic acids is 1. The number of aromatic amines is 1. The lowest BCUT2D eigenvalue weighted by Crippen LogP contribution is -2.37. The topological polar surface area (TPSA) is 61.0 Å². The molecule has 4 rings (SSSR count). The lowest BCUT2D eigenvalue weighted by atomic mass is 9.88. The number of benzene rings is 3. The van der Waals surface area contributed by atoms with Crippen LogP contribution in [-0.4, -0.2) is 34.5 Å². The zero-order chi connectivity index (χ0) is 20.8. The number of H-pyrrole nitrogens is 1. The van der Waals surface area contributed by atoms with Crippen LogP contribution in [0.25, 0.3) is 11.0 Å². The summed E-state index contributed by atoms with van der Waals surface area (Å²) in [5.74, 6) is 1.02. The molecule has 1 aromatic heterocycles. The Bertz CT molecular complexity index is 1020.